The van der Waals surface area contributed by atoms with Crippen molar-refractivity contribution in [1.29, 1.82) is 0 Å². The number of carbonyl (C=O) groups is 1. The Kier molecular flexibility index (Phi) is 5.18. The van der Waals surface area contributed by atoms with Crippen LogP contribution in [0.25, 0.3) is 0 Å². The van der Waals surface area contributed by atoms with E-state index in [9.17, 15) is 4.79 Å². The van der Waals surface area contributed by atoms with Gasteiger partial charge >= 0.3 is 6.03 Å². The van der Waals surface area contributed by atoms with Crippen molar-refractivity contribution in [2.45, 2.75) is 44.1 Å². The number of hydrogen-bond donors (Lipinski definition) is 4. The molecule has 1 aromatic rings. The average Bonchev–Trinajstić information content (AvgIpc) is 3.27. The number of amides is 2. The van der Waals surface area contributed by atoms with Crippen LogP contribution in [0.15, 0.2) is 30.3 Å². The Morgan fingerprint density at radius 1 is 1.26 bits per heavy atom. The summed E-state index contributed by atoms with van der Waals surface area (Å²) in [5.41, 5.74) is 7.93. The highest BCUT2D eigenvalue weighted by Gasteiger charge is 2.44. The van der Waals surface area contributed by atoms with Crippen LogP contribution in [0.4, 0.5) is 4.79 Å². The van der Waals surface area contributed by atoms with E-state index in [2.05, 4.69) is 52.7 Å². The third-order valence-corrected chi connectivity index (χ3v) is 5.27. The first-order valence-corrected chi connectivity index (χ1v) is 8.75. The van der Waals surface area contributed by atoms with E-state index in [1.807, 2.05) is 6.07 Å². The van der Waals surface area contributed by atoms with Crippen LogP contribution in [0.2, 0.25) is 0 Å². The lowest BCUT2D eigenvalue weighted by molar-refractivity contribution is 0.239. The summed E-state index contributed by atoms with van der Waals surface area (Å²) in [5.74, 6) is 0.660. The lowest BCUT2D eigenvalue weighted by Gasteiger charge is -2.17. The van der Waals surface area contributed by atoms with Crippen molar-refractivity contribution in [2.24, 2.45) is 5.92 Å². The molecular weight excluding hydrogens is 288 g/mol. The maximum atomic E-state index is 12.0. The Morgan fingerprint density at radius 2 is 2.04 bits per heavy atom. The summed E-state index contributed by atoms with van der Waals surface area (Å²) >= 11 is 0. The quantitative estimate of drug-likeness (QED) is 0.581. The minimum absolute atomic E-state index is 0.0390. The van der Waals surface area contributed by atoms with E-state index < -0.39 is 0 Å². The van der Waals surface area contributed by atoms with Gasteiger partial charge in [0.05, 0.1) is 0 Å². The second-order valence-corrected chi connectivity index (χ2v) is 6.97. The fourth-order valence-corrected chi connectivity index (χ4v) is 3.39. The van der Waals surface area contributed by atoms with Crippen LogP contribution < -0.4 is 21.5 Å². The summed E-state index contributed by atoms with van der Waals surface area (Å²) < 4.78 is 0. The van der Waals surface area contributed by atoms with Gasteiger partial charge in [0.2, 0.25) is 0 Å². The van der Waals surface area contributed by atoms with Gasteiger partial charge < -0.3 is 10.6 Å². The van der Waals surface area contributed by atoms with Crippen LogP contribution in [0.1, 0.15) is 38.2 Å². The molecule has 1 heterocycles. The summed E-state index contributed by atoms with van der Waals surface area (Å²) in [6.07, 6.45) is 4.48. The summed E-state index contributed by atoms with van der Waals surface area (Å²) in [7, 11) is 0. The van der Waals surface area contributed by atoms with E-state index in [1.54, 1.807) is 0 Å². The second-order valence-electron chi connectivity index (χ2n) is 6.97. The normalized spacial score (nSPS) is 25.1. The van der Waals surface area contributed by atoms with Crippen LogP contribution >= 0.6 is 0 Å². The Morgan fingerprint density at radius 3 is 2.70 bits per heavy atom. The predicted octanol–water partition coefficient (Wildman–Crippen LogP) is 1.91. The largest absolute Gasteiger partial charge is 0.338 e. The van der Waals surface area contributed by atoms with Crippen molar-refractivity contribution < 1.29 is 4.79 Å². The second kappa shape index (κ2) is 7.32. The number of nitrogens with one attached hydrogen (secondary N) is 4. The molecule has 1 saturated carbocycles. The number of carbonyl (C=O) groups excluding carboxylic acids is 1. The smallest absolute Gasteiger partial charge is 0.314 e. The minimum Gasteiger partial charge on any atom is -0.338 e. The molecule has 1 saturated heterocycles. The molecule has 5 heteroatoms. The van der Waals surface area contributed by atoms with E-state index in [1.165, 1.54) is 5.56 Å². The van der Waals surface area contributed by atoms with Crippen molar-refractivity contribution in [3.63, 3.8) is 0 Å². The molecule has 126 valence electrons. The minimum atomic E-state index is -0.0390. The van der Waals surface area contributed by atoms with E-state index in [0.29, 0.717) is 12.0 Å². The molecule has 0 bridgehead atoms. The molecule has 0 spiro atoms. The fraction of sp³-hybridized carbons (Fsp3) is 0.611. The highest BCUT2D eigenvalue weighted by atomic mass is 16.2. The van der Waals surface area contributed by atoms with Crippen molar-refractivity contribution in [1.82, 2.24) is 21.5 Å². The maximum absolute atomic E-state index is 12.0. The van der Waals surface area contributed by atoms with Crippen LogP contribution in [-0.2, 0) is 5.41 Å². The monoisotopic (exact) mass is 316 g/mol. The molecule has 2 aliphatic rings. The fourth-order valence-electron chi connectivity index (χ4n) is 3.39. The van der Waals surface area contributed by atoms with Crippen LogP contribution in [0, 0.1) is 5.92 Å². The standard InChI is InChI=1S/C18H28N4O/c1-14-15(12-21-22-14)6-5-11-19-17(23)20-13-18(9-10-18)16-7-3-2-4-8-16/h2-4,7-8,14-15,21-22H,5-6,9-13H2,1H3,(H2,19,20,23). The molecule has 1 aliphatic heterocycles. The Hall–Kier alpha value is -1.59. The van der Waals surface area contributed by atoms with E-state index in [0.717, 1.165) is 45.3 Å². The summed E-state index contributed by atoms with van der Waals surface area (Å²) in [6, 6.07) is 11.0. The first-order chi connectivity index (χ1) is 11.2. The van der Waals surface area contributed by atoms with Crippen LogP contribution in [0.3, 0.4) is 0 Å². The maximum Gasteiger partial charge on any atom is 0.314 e. The van der Waals surface area contributed by atoms with Gasteiger partial charge in [-0.2, -0.15) is 0 Å². The Bertz CT molecular complexity index is 515. The van der Waals surface area contributed by atoms with E-state index in [4.69, 9.17) is 0 Å². The third-order valence-electron chi connectivity index (χ3n) is 5.27. The number of rotatable bonds is 7. The lowest BCUT2D eigenvalue weighted by atomic mass is 9.96. The topological polar surface area (TPSA) is 65.2 Å². The number of hydrazine groups is 1. The SMILES string of the molecule is CC1NNCC1CCCNC(=O)NCC1(c2ccccc2)CC1. The van der Waals surface area contributed by atoms with E-state index >= 15 is 0 Å². The first-order valence-electron chi connectivity index (χ1n) is 8.75. The van der Waals surface area contributed by atoms with Gasteiger partial charge in [0.25, 0.3) is 0 Å². The Labute approximate surface area is 138 Å². The zero-order valence-corrected chi connectivity index (χ0v) is 13.9. The molecule has 1 aliphatic carbocycles. The molecular formula is C18H28N4O. The molecule has 0 radical (unpaired) electrons. The third kappa shape index (κ3) is 4.24. The van der Waals surface area contributed by atoms with Gasteiger partial charge in [-0.1, -0.05) is 30.3 Å². The van der Waals surface area contributed by atoms with Gasteiger partial charge in [0.1, 0.15) is 0 Å². The molecule has 3 rings (SSSR count). The molecule has 23 heavy (non-hydrogen) atoms. The summed E-state index contributed by atoms with van der Waals surface area (Å²) in [5, 5.41) is 6.03. The van der Waals surface area contributed by atoms with Gasteiger partial charge in [0, 0.05) is 31.1 Å². The molecule has 2 amide bonds. The molecule has 1 aromatic carbocycles. The highest BCUT2D eigenvalue weighted by molar-refractivity contribution is 5.74. The zero-order valence-electron chi connectivity index (χ0n) is 13.9. The zero-order chi connectivity index (χ0) is 16.1. The Balaban J connectivity index is 1.32. The molecule has 2 unspecified atom stereocenters. The predicted molar refractivity (Wildman–Crippen MR) is 92.1 cm³/mol. The van der Waals surface area contributed by atoms with Crippen LogP contribution in [0.5, 0.6) is 0 Å². The van der Waals surface area contributed by atoms with Gasteiger partial charge in [-0.25, -0.2) is 4.79 Å². The van der Waals surface area contributed by atoms with Gasteiger partial charge in [-0.15, -0.1) is 0 Å². The lowest BCUT2D eigenvalue weighted by Crippen LogP contribution is -2.40. The molecule has 5 nitrogen and oxygen atoms in total. The van der Waals surface area contributed by atoms with E-state index in [-0.39, 0.29) is 11.4 Å². The molecule has 2 atom stereocenters. The van der Waals surface area contributed by atoms with Crippen LogP contribution in [-0.4, -0.2) is 31.7 Å². The highest BCUT2D eigenvalue weighted by Crippen LogP contribution is 2.47. The van der Waals surface area contributed by atoms with Gasteiger partial charge in [0.15, 0.2) is 0 Å². The number of urea groups is 1. The molecule has 0 aromatic heterocycles. The summed E-state index contributed by atoms with van der Waals surface area (Å²) in [4.78, 5) is 12.0. The number of benzene rings is 1. The van der Waals surface area contributed by atoms with Gasteiger partial charge in [-0.05, 0) is 44.1 Å². The van der Waals surface area contributed by atoms with Crippen molar-refractivity contribution in [3.8, 4) is 0 Å². The van der Waals surface area contributed by atoms with Crippen molar-refractivity contribution >= 4 is 6.03 Å². The van der Waals surface area contributed by atoms with Crippen molar-refractivity contribution in [3.05, 3.63) is 35.9 Å². The average molecular weight is 316 g/mol. The molecule has 2 fully saturated rings. The first kappa shape index (κ1) is 16.3. The number of hydrogen-bond acceptors (Lipinski definition) is 3. The summed E-state index contributed by atoms with van der Waals surface area (Å²) in [6.45, 7) is 4.69. The van der Waals surface area contributed by atoms with Gasteiger partial charge in [-0.3, -0.25) is 10.9 Å². The molecule has 4 N–H and O–H groups in total. The van der Waals surface area contributed by atoms with Crippen molar-refractivity contribution in [2.75, 3.05) is 19.6 Å².